The molecule has 32 heavy (non-hydrogen) atoms. The third-order valence-electron chi connectivity index (χ3n) is 5.98. The van der Waals surface area contributed by atoms with Crippen LogP contribution in [0.3, 0.4) is 0 Å². The minimum atomic E-state index is -0.898. The maximum atomic E-state index is 13.6. The standard InChI is InChI=1S/C26H23N3O2S/c1-27-24(30)18-11-12-22-19(15-18)21(16-28-22)26(32-14-13-17-7-3-2-4-8-17)20-9-5-6-10-23(20)29-25(26)31/h2-12,15-16,28H,13-14H2,1H3,(H,27,30)(H,29,31). The van der Waals surface area contributed by atoms with Crippen LogP contribution >= 0.6 is 11.8 Å². The third-order valence-corrected chi connectivity index (χ3v) is 7.44. The van der Waals surface area contributed by atoms with Crippen molar-refractivity contribution >= 4 is 40.2 Å². The van der Waals surface area contributed by atoms with Crippen LogP contribution in [0.2, 0.25) is 0 Å². The number of thioether (sulfide) groups is 1. The second kappa shape index (κ2) is 8.20. The Morgan fingerprint density at radius 3 is 2.59 bits per heavy atom. The minimum absolute atomic E-state index is 0.0528. The SMILES string of the molecule is CNC(=O)c1ccc2[nH]cc(C3(SCCc4ccccc4)C(=O)Nc4ccccc43)c2c1. The predicted molar refractivity (Wildman–Crippen MR) is 130 cm³/mol. The number of carbonyl (C=O) groups is 2. The number of amides is 2. The molecule has 1 aliphatic heterocycles. The molecule has 0 spiro atoms. The lowest BCUT2D eigenvalue weighted by Crippen LogP contribution is -2.33. The van der Waals surface area contributed by atoms with E-state index in [0.717, 1.165) is 39.9 Å². The van der Waals surface area contributed by atoms with Crippen molar-refractivity contribution in [3.63, 3.8) is 0 Å². The Morgan fingerprint density at radius 2 is 1.78 bits per heavy atom. The number of para-hydroxylation sites is 1. The summed E-state index contributed by atoms with van der Waals surface area (Å²) in [6.07, 6.45) is 2.77. The second-order valence-corrected chi connectivity index (χ2v) is 9.12. The number of nitrogens with one attached hydrogen (secondary N) is 3. The van der Waals surface area contributed by atoms with E-state index >= 15 is 0 Å². The van der Waals surface area contributed by atoms with Crippen LogP contribution < -0.4 is 10.6 Å². The fourth-order valence-electron chi connectivity index (χ4n) is 4.38. The quantitative estimate of drug-likeness (QED) is 0.406. The number of rotatable bonds is 6. The van der Waals surface area contributed by atoms with Gasteiger partial charge in [0.15, 0.2) is 0 Å². The van der Waals surface area contributed by atoms with E-state index in [1.807, 2.05) is 60.8 Å². The Balaban J connectivity index is 1.63. The number of aryl methyl sites for hydroxylation is 1. The van der Waals surface area contributed by atoms with Crippen LogP contribution in [0.15, 0.2) is 79.0 Å². The topological polar surface area (TPSA) is 74.0 Å². The molecule has 160 valence electrons. The lowest BCUT2D eigenvalue weighted by Gasteiger charge is -2.27. The van der Waals surface area contributed by atoms with Crippen LogP contribution in [0.5, 0.6) is 0 Å². The van der Waals surface area contributed by atoms with Gasteiger partial charge in [-0.2, -0.15) is 0 Å². The van der Waals surface area contributed by atoms with Crippen molar-refractivity contribution in [2.75, 3.05) is 18.1 Å². The number of fused-ring (bicyclic) bond motifs is 2. The predicted octanol–water partition coefficient (Wildman–Crippen LogP) is 4.70. The zero-order chi connectivity index (χ0) is 22.1. The third kappa shape index (κ3) is 3.28. The Bertz CT molecular complexity index is 1320. The summed E-state index contributed by atoms with van der Waals surface area (Å²) in [7, 11) is 1.62. The molecule has 5 nitrogen and oxygen atoms in total. The molecule has 6 heteroatoms. The summed E-state index contributed by atoms with van der Waals surface area (Å²) in [5, 5.41) is 6.65. The Morgan fingerprint density at radius 1 is 1.00 bits per heavy atom. The highest BCUT2D eigenvalue weighted by atomic mass is 32.2. The molecule has 1 aromatic heterocycles. The highest BCUT2D eigenvalue weighted by molar-refractivity contribution is 8.01. The molecule has 0 saturated carbocycles. The maximum Gasteiger partial charge on any atom is 0.251 e. The van der Waals surface area contributed by atoms with Crippen LogP contribution in [-0.4, -0.2) is 29.6 Å². The number of H-pyrrole nitrogens is 1. The van der Waals surface area contributed by atoms with Gasteiger partial charge in [0, 0.05) is 46.5 Å². The molecule has 0 fully saturated rings. The number of aromatic amines is 1. The fraction of sp³-hybridized carbons (Fsp3) is 0.154. The van der Waals surface area contributed by atoms with Crippen LogP contribution in [0, 0.1) is 0 Å². The van der Waals surface area contributed by atoms with Gasteiger partial charge >= 0.3 is 0 Å². The van der Waals surface area contributed by atoms with Gasteiger partial charge in [0.05, 0.1) is 0 Å². The molecule has 1 unspecified atom stereocenters. The van der Waals surface area contributed by atoms with E-state index in [1.165, 1.54) is 5.56 Å². The Kier molecular flexibility index (Phi) is 5.23. The molecule has 1 atom stereocenters. The monoisotopic (exact) mass is 441 g/mol. The van der Waals surface area contributed by atoms with E-state index < -0.39 is 4.75 Å². The number of hydrogen-bond donors (Lipinski definition) is 3. The molecule has 2 heterocycles. The summed E-state index contributed by atoms with van der Waals surface area (Å²) in [5.74, 6) is 0.567. The molecule has 0 aliphatic carbocycles. The summed E-state index contributed by atoms with van der Waals surface area (Å²) >= 11 is 1.64. The molecule has 0 bridgehead atoms. The van der Waals surface area contributed by atoms with Crippen molar-refractivity contribution in [1.82, 2.24) is 10.3 Å². The first-order valence-corrected chi connectivity index (χ1v) is 11.5. The highest BCUT2D eigenvalue weighted by Crippen LogP contribution is 2.52. The van der Waals surface area contributed by atoms with Crippen molar-refractivity contribution in [2.24, 2.45) is 0 Å². The number of hydrogen-bond acceptors (Lipinski definition) is 3. The largest absolute Gasteiger partial charge is 0.361 e. The number of anilines is 1. The van der Waals surface area contributed by atoms with Gasteiger partial charge < -0.3 is 15.6 Å². The van der Waals surface area contributed by atoms with Crippen molar-refractivity contribution in [3.8, 4) is 0 Å². The lowest BCUT2D eigenvalue weighted by atomic mass is 9.90. The number of aromatic nitrogens is 1. The van der Waals surface area contributed by atoms with Gasteiger partial charge in [-0.05, 0) is 42.0 Å². The molecule has 3 N–H and O–H groups in total. The summed E-state index contributed by atoms with van der Waals surface area (Å²) in [5.41, 5.74) is 5.36. The zero-order valence-electron chi connectivity index (χ0n) is 17.6. The lowest BCUT2D eigenvalue weighted by molar-refractivity contribution is -0.117. The van der Waals surface area contributed by atoms with E-state index in [0.29, 0.717) is 5.56 Å². The molecule has 3 aromatic carbocycles. The van der Waals surface area contributed by atoms with Gasteiger partial charge in [0.1, 0.15) is 4.75 Å². The molecule has 0 saturated heterocycles. The highest BCUT2D eigenvalue weighted by Gasteiger charge is 2.49. The van der Waals surface area contributed by atoms with Gasteiger partial charge in [-0.15, -0.1) is 11.8 Å². The zero-order valence-corrected chi connectivity index (χ0v) is 18.5. The first kappa shape index (κ1) is 20.4. The van der Waals surface area contributed by atoms with E-state index in [2.05, 4.69) is 27.8 Å². The van der Waals surface area contributed by atoms with Gasteiger partial charge in [-0.3, -0.25) is 9.59 Å². The van der Waals surface area contributed by atoms with Crippen molar-refractivity contribution < 1.29 is 9.59 Å². The average Bonchev–Trinajstić information content (AvgIpc) is 3.38. The molecule has 0 radical (unpaired) electrons. The van der Waals surface area contributed by atoms with Crippen LogP contribution in [0.4, 0.5) is 5.69 Å². The summed E-state index contributed by atoms with van der Waals surface area (Å²) in [4.78, 5) is 29.2. The number of carbonyl (C=O) groups excluding carboxylic acids is 2. The first-order chi connectivity index (χ1) is 15.6. The summed E-state index contributed by atoms with van der Waals surface area (Å²) < 4.78 is -0.898. The fourth-order valence-corrected chi connectivity index (χ4v) is 5.87. The van der Waals surface area contributed by atoms with E-state index in [9.17, 15) is 9.59 Å². The van der Waals surface area contributed by atoms with Crippen LogP contribution in [-0.2, 0) is 16.0 Å². The van der Waals surface area contributed by atoms with Gasteiger partial charge in [-0.25, -0.2) is 0 Å². The Hall–Kier alpha value is -3.51. The molecular weight excluding hydrogens is 418 g/mol. The smallest absolute Gasteiger partial charge is 0.251 e. The molecular formula is C26H23N3O2S. The van der Waals surface area contributed by atoms with Crippen LogP contribution in [0.1, 0.15) is 27.0 Å². The van der Waals surface area contributed by atoms with E-state index in [-0.39, 0.29) is 11.8 Å². The van der Waals surface area contributed by atoms with Crippen LogP contribution in [0.25, 0.3) is 10.9 Å². The molecule has 1 aliphatic rings. The molecule has 4 aromatic rings. The average molecular weight is 442 g/mol. The minimum Gasteiger partial charge on any atom is -0.361 e. The normalized spacial score (nSPS) is 17.2. The molecule has 5 rings (SSSR count). The Labute approximate surface area is 190 Å². The van der Waals surface area contributed by atoms with Gasteiger partial charge in [-0.1, -0.05) is 48.5 Å². The van der Waals surface area contributed by atoms with Crippen molar-refractivity contribution in [3.05, 3.63) is 101 Å². The summed E-state index contributed by atoms with van der Waals surface area (Å²) in [6, 6.07) is 23.7. The number of benzene rings is 3. The van der Waals surface area contributed by atoms with E-state index in [1.54, 1.807) is 24.9 Å². The van der Waals surface area contributed by atoms with E-state index in [4.69, 9.17) is 0 Å². The first-order valence-electron chi connectivity index (χ1n) is 10.6. The van der Waals surface area contributed by atoms with Crippen molar-refractivity contribution in [1.29, 1.82) is 0 Å². The van der Waals surface area contributed by atoms with Crippen molar-refractivity contribution in [2.45, 2.75) is 11.2 Å². The molecule has 2 amide bonds. The van der Waals surface area contributed by atoms with Gasteiger partial charge in [0.2, 0.25) is 5.91 Å². The maximum absolute atomic E-state index is 13.6. The second-order valence-electron chi connectivity index (χ2n) is 7.81. The van der Waals surface area contributed by atoms with Gasteiger partial charge in [0.25, 0.3) is 5.91 Å². The summed E-state index contributed by atoms with van der Waals surface area (Å²) in [6.45, 7) is 0.